The fraction of sp³-hybridized carbons (Fsp3) is 0.143. The van der Waals surface area contributed by atoms with Gasteiger partial charge in [-0.25, -0.2) is 4.39 Å². The van der Waals surface area contributed by atoms with Crippen LogP contribution in [0, 0.1) is 28.5 Å². The van der Waals surface area contributed by atoms with Crippen LogP contribution in [0.25, 0.3) is 0 Å². The zero-order valence-corrected chi connectivity index (χ0v) is 12.5. The second-order valence-electron chi connectivity index (χ2n) is 4.21. The number of benzene rings is 1. The first-order valence-electron chi connectivity index (χ1n) is 6.36. The number of ether oxygens (including phenoxy) is 1. The summed E-state index contributed by atoms with van der Waals surface area (Å²) in [4.78, 5) is 0. The highest BCUT2D eigenvalue weighted by molar-refractivity contribution is 6.30. The zero-order valence-electron chi connectivity index (χ0n) is 11.7. The van der Waals surface area contributed by atoms with Crippen molar-refractivity contribution in [3.8, 4) is 17.9 Å². The van der Waals surface area contributed by atoms with Crippen LogP contribution in [0.4, 0.5) is 10.1 Å². The highest BCUT2D eigenvalue weighted by Crippen LogP contribution is 2.21. The van der Waals surface area contributed by atoms with E-state index in [2.05, 4.69) is 15.6 Å². The molecule has 1 aromatic carbocycles. The number of nitrogens with zero attached hydrogens (tertiary/aromatic N) is 5. The van der Waals surface area contributed by atoms with Crippen LogP contribution in [0.5, 0.6) is 5.75 Å². The van der Waals surface area contributed by atoms with Crippen molar-refractivity contribution in [2.45, 2.75) is 6.54 Å². The minimum Gasteiger partial charge on any atom is -0.489 e. The van der Waals surface area contributed by atoms with E-state index < -0.39 is 5.82 Å². The Labute approximate surface area is 136 Å². The second kappa shape index (κ2) is 7.78. The lowest BCUT2D eigenvalue weighted by atomic mass is 10.3. The van der Waals surface area contributed by atoms with Gasteiger partial charge in [0.25, 0.3) is 0 Å². The number of aromatic nitrogens is 2. The molecule has 0 atom stereocenters. The molecule has 7 nitrogen and oxygen atoms in total. The van der Waals surface area contributed by atoms with Gasteiger partial charge in [-0.2, -0.15) is 20.7 Å². The average Bonchev–Trinajstić information content (AvgIpc) is 2.96. The topological polar surface area (TPSA) is 99.0 Å². The maximum Gasteiger partial charge on any atom is 0.237 e. The first-order valence-corrected chi connectivity index (χ1v) is 6.74. The number of rotatable bonds is 6. The molecular weight excluding hydrogens is 323 g/mol. The smallest absolute Gasteiger partial charge is 0.237 e. The van der Waals surface area contributed by atoms with Gasteiger partial charge >= 0.3 is 0 Å². The van der Waals surface area contributed by atoms with Crippen LogP contribution in [-0.2, 0) is 6.54 Å². The van der Waals surface area contributed by atoms with Gasteiger partial charge in [0.15, 0.2) is 11.6 Å². The molecule has 2 rings (SSSR count). The van der Waals surface area contributed by atoms with Gasteiger partial charge in [-0.05, 0) is 12.1 Å². The van der Waals surface area contributed by atoms with E-state index in [9.17, 15) is 4.39 Å². The molecule has 0 aliphatic rings. The molecule has 2 aromatic rings. The average molecular weight is 333 g/mol. The molecular formula is C14H10ClFN6O. The molecule has 1 heterocycles. The lowest BCUT2D eigenvalue weighted by molar-refractivity contribution is 0.278. The molecule has 0 saturated carbocycles. The fourth-order valence-corrected chi connectivity index (χ4v) is 1.75. The Bertz CT molecular complexity index is 788. The minimum atomic E-state index is -0.598. The van der Waals surface area contributed by atoms with Crippen molar-refractivity contribution in [3.63, 3.8) is 0 Å². The quantitative estimate of drug-likeness (QED) is 0.647. The molecule has 0 bridgehead atoms. The lowest BCUT2D eigenvalue weighted by Crippen LogP contribution is -2.09. The summed E-state index contributed by atoms with van der Waals surface area (Å²) in [5, 5.41) is 25.1. The zero-order chi connectivity index (χ0) is 16.7. The van der Waals surface area contributed by atoms with Crippen LogP contribution < -0.4 is 10.2 Å². The first-order chi connectivity index (χ1) is 11.1. The highest BCUT2D eigenvalue weighted by atomic mass is 35.5. The number of hydrogen-bond acceptors (Lipinski definition) is 6. The Morgan fingerprint density at radius 3 is 2.83 bits per heavy atom. The van der Waals surface area contributed by atoms with Crippen molar-refractivity contribution in [3.05, 3.63) is 41.4 Å². The van der Waals surface area contributed by atoms with Crippen molar-refractivity contribution < 1.29 is 9.13 Å². The minimum absolute atomic E-state index is 0.0681. The van der Waals surface area contributed by atoms with Gasteiger partial charge in [-0.1, -0.05) is 11.6 Å². The molecule has 116 valence electrons. The molecule has 9 heteroatoms. The lowest BCUT2D eigenvalue weighted by Gasteiger charge is -2.08. The summed E-state index contributed by atoms with van der Waals surface area (Å²) in [6.45, 7) is 0.636. The third kappa shape index (κ3) is 4.70. The molecule has 0 unspecified atom stereocenters. The van der Waals surface area contributed by atoms with E-state index >= 15 is 0 Å². The summed E-state index contributed by atoms with van der Waals surface area (Å²) >= 11 is 5.73. The summed E-state index contributed by atoms with van der Waals surface area (Å²) in [5.41, 5.74) is 2.35. The molecule has 0 aliphatic carbocycles. The van der Waals surface area contributed by atoms with Crippen molar-refractivity contribution in [1.82, 2.24) is 9.78 Å². The van der Waals surface area contributed by atoms with Crippen LogP contribution in [0.15, 0.2) is 35.7 Å². The molecule has 0 saturated heterocycles. The van der Waals surface area contributed by atoms with Crippen molar-refractivity contribution >= 4 is 23.0 Å². The van der Waals surface area contributed by atoms with Gasteiger partial charge in [-0.15, -0.1) is 0 Å². The van der Waals surface area contributed by atoms with Gasteiger partial charge in [0.1, 0.15) is 18.7 Å². The van der Waals surface area contributed by atoms with Gasteiger partial charge in [0.2, 0.25) is 5.71 Å². The Kier molecular flexibility index (Phi) is 5.50. The largest absolute Gasteiger partial charge is 0.489 e. The number of hydrazone groups is 1. The SMILES string of the molecule is N#CC(C#N)=NNc1ccc(OCCn2cc(Cl)cn2)c(F)c1. The van der Waals surface area contributed by atoms with Gasteiger partial charge in [0.05, 0.1) is 23.5 Å². The number of nitriles is 2. The maximum atomic E-state index is 13.9. The third-order valence-electron chi connectivity index (χ3n) is 2.62. The Hall–Kier alpha value is -3.10. The summed E-state index contributed by atoms with van der Waals surface area (Å²) < 4.78 is 20.8. The van der Waals surface area contributed by atoms with Crippen LogP contribution in [0.3, 0.4) is 0 Å². The van der Waals surface area contributed by atoms with Crippen LogP contribution in [0.1, 0.15) is 0 Å². The molecule has 0 aliphatic heterocycles. The highest BCUT2D eigenvalue weighted by Gasteiger charge is 2.05. The second-order valence-corrected chi connectivity index (χ2v) is 4.65. The summed E-state index contributed by atoms with van der Waals surface area (Å²) in [5.74, 6) is -0.530. The van der Waals surface area contributed by atoms with E-state index in [4.69, 9.17) is 26.9 Å². The van der Waals surface area contributed by atoms with Crippen molar-refractivity contribution in [2.75, 3.05) is 12.0 Å². The summed E-state index contributed by atoms with van der Waals surface area (Å²) in [6, 6.07) is 7.25. The van der Waals surface area contributed by atoms with Crippen LogP contribution in [-0.4, -0.2) is 22.1 Å². The molecule has 1 aromatic heterocycles. The van der Waals surface area contributed by atoms with E-state index in [1.54, 1.807) is 23.0 Å². The molecule has 1 N–H and O–H groups in total. The normalized spacial score (nSPS) is 9.57. The first kappa shape index (κ1) is 16.3. The van der Waals surface area contributed by atoms with Crippen molar-refractivity contribution in [1.29, 1.82) is 10.5 Å². The standard InChI is InChI=1S/C14H10ClFN6O/c15-10-8-19-22(9-10)3-4-23-14-2-1-11(5-13(14)16)20-21-12(6-17)7-18/h1-2,5,8-9,20H,3-4H2. The Morgan fingerprint density at radius 1 is 1.43 bits per heavy atom. The number of anilines is 1. The predicted molar refractivity (Wildman–Crippen MR) is 81.4 cm³/mol. The van der Waals surface area contributed by atoms with E-state index in [1.165, 1.54) is 18.3 Å². The molecule has 0 amide bonds. The Balaban J connectivity index is 1.93. The fourth-order valence-electron chi connectivity index (χ4n) is 1.59. The van der Waals surface area contributed by atoms with E-state index in [0.717, 1.165) is 6.07 Å². The predicted octanol–water partition coefficient (Wildman–Crippen LogP) is 2.57. The molecule has 0 fully saturated rings. The van der Waals surface area contributed by atoms with Crippen LogP contribution >= 0.6 is 11.6 Å². The molecule has 23 heavy (non-hydrogen) atoms. The Morgan fingerprint density at radius 2 is 2.22 bits per heavy atom. The van der Waals surface area contributed by atoms with Gasteiger partial charge in [0, 0.05) is 12.3 Å². The van der Waals surface area contributed by atoms with E-state index in [1.807, 2.05) is 0 Å². The molecule has 0 spiro atoms. The third-order valence-corrected chi connectivity index (χ3v) is 2.82. The number of nitrogens with one attached hydrogen (secondary N) is 1. The van der Waals surface area contributed by atoms with Gasteiger partial charge in [-0.3, -0.25) is 10.1 Å². The van der Waals surface area contributed by atoms with E-state index in [-0.39, 0.29) is 23.8 Å². The number of hydrogen-bond donors (Lipinski definition) is 1. The maximum absolute atomic E-state index is 13.9. The van der Waals surface area contributed by atoms with Crippen LogP contribution in [0.2, 0.25) is 5.02 Å². The molecule has 0 radical (unpaired) electrons. The summed E-state index contributed by atoms with van der Waals surface area (Å²) in [7, 11) is 0. The van der Waals surface area contributed by atoms with Crippen molar-refractivity contribution in [2.24, 2.45) is 5.10 Å². The monoisotopic (exact) mass is 332 g/mol. The van der Waals surface area contributed by atoms with Gasteiger partial charge < -0.3 is 4.74 Å². The number of halogens is 2. The van der Waals surface area contributed by atoms with E-state index in [0.29, 0.717) is 11.6 Å². The summed E-state index contributed by atoms with van der Waals surface area (Å²) in [6.07, 6.45) is 3.13.